The maximum absolute atomic E-state index is 12.8. The van der Waals surface area contributed by atoms with Crippen LogP contribution in [0.4, 0.5) is 0 Å². The number of amides is 2. The molecule has 1 unspecified atom stereocenters. The Bertz CT molecular complexity index is 1510. The number of hydrogen-bond acceptors (Lipinski definition) is 3. The Kier molecular flexibility index (Phi) is 4.13. The van der Waals surface area contributed by atoms with Crippen LogP contribution < -0.4 is 0 Å². The van der Waals surface area contributed by atoms with Crippen LogP contribution in [-0.2, 0) is 21.4 Å². The monoisotopic (exact) mass is 506 g/mol. The Labute approximate surface area is 197 Å². The van der Waals surface area contributed by atoms with Crippen molar-refractivity contribution in [2.45, 2.75) is 25.7 Å². The molecule has 0 saturated heterocycles. The van der Waals surface area contributed by atoms with Gasteiger partial charge < -0.3 is 0 Å². The summed E-state index contributed by atoms with van der Waals surface area (Å²) in [7, 11) is 1.65. The van der Waals surface area contributed by atoms with Gasteiger partial charge in [-0.1, -0.05) is 6.07 Å². The molecule has 0 bridgehead atoms. The molecule has 4 aromatic rings. The van der Waals surface area contributed by atoms with Crippen LogP contribution in [0.3, 0.4) is 0 Å². The Balaban J connectivity index is 1.55. The van der Waals surface area contributed by atoms with E-state index in [0.29, 0.717) is 11.2 Å². The van der Waals surface area contributed by atoms with Gasteiger partial charge in [-0.25, -0.2) is 0 Å². The molecule has 2 aliphatic heterocycles. The van der Waals surface area contributed by atoms with Crippen molar-refractivity contribution in [3.63, 3.8) is 0 Å². The number of aliphatic imine (C=N–C) groups is 1. The second kappa shape index (κ2) is 6.64. The molecular weight excluding hydrogens is 485 g/mol. The predicted octanol–water partition coefficient (Wildman–Crippen LogP) is 4.17. The summed E-state index contributed by atoms with van der Waals surface area (Å²) >= 11 is 4.37. The number of fused-ring (bicyclic) bond motifs is 5. The van der Waals surface area contributed by atoms with Gasteiger partial charge in [0.2, 0.25) is 0 Å². The summed E-state index contributed by atoms with van der Waals surface area (Å²) in [6.45, 7) is 4.51. The van der Waals surface area contributed by atoms with Crippen LogP contribution in [0.1, 0.15) is 29.9 Å². The van der Waals surface area contributed by atoms with Gasteiger partial charge in [-0.3, -0.25) is 0 Å². The fraction of sp³-hybridized carbons (Fsp3) is 0.240. The average Bonchev–Trinajstić information content (AvgIpc) is 3.34. The number of thiophene rings is 1. The third kappa shape index (κ3) is 2.53. The zero-order chi connectivity index (χ0) is 22.4. The first-order chi connectivity index (χ1) is 15.3. The van der Waals surface area contributed by atoms with Crippen LogP contribution in [0.5, 0.6) is 0 Å². The SMILES string of the molecule is CN1C(=O)C(Cc2cc3c(s2)-n2c4ccccc4c4cccc(c42)C3(C)C)C(=O)N=C1[Se]. The predicted molar refractivity (Wildman–Crippen MR) is 129 cm³/mol. The van der Waals surface area contributed by atoms with E-state index in [1.807, 2.05) is 0 Å². The van der Waals surface area contributed by atoms with E-state index in [-0.39, 0.29) is 17.2 Å². The molecule has 6 rings (SSSR count). The molecule has 0 spiro atoms. The average molecular weight is 505 g/mol. The van der Waals surface area contributed by atoms with E-state index in [4.69, 9.17) is 0 Å². The van der Waals surface area contributed by atoms with Crippen molar-refractivity contribution in [2.24, 2.45) is 10.9 Å². The van der Waals surface area contributed by atoms with Gasteiger partial charge >= 0.3 is 192 Å². The summed E-state index contributed by atoms with van der Waals surface area (Å²) in [5.41, 5.74) is 4.77. The van der Waals surface area contributed by atoms with Crippen LogP contribution in [0.15, 0.2) is 53.5 Å². The number of nitrogens with zero attached hydrogens (tertiary/aromatic N) is 3. The van der Waals surface area contributed by atoms with Crippen LogP contribution in [0.25, 0.3) is 26.8 Å². The number of rotatable bonds is 2. The summed E-state index contributed by atoms with van der Waals surface area (Å²) in [5.74, 6) is -1.35. The number of amidine groups is 1. The van der Waals surface area contributed by atoms with Crippen molar-refractivity contribution in [1.82, 2.24) is 9.47 Å². The molecule has 2 aromatic carbocycles. The zero-order valence-corrected chi connectivity index (χ0v) is 20.4. The summed E-state index contributed by atoms with van der Waals surface area (Å²) < 4.78 is 2.70. The quantitative estimate of drug-likeness (QED) is 0.304. The second-order valence-electron chi connectivity index (χ2n) is 9.00. The van der Waals surface area contributed by atoms with E-state index in [2.05, 4.69) is 88.0 Å². The first kappa shape index (κ1) is 19.9. The van der Waals surface area contributed by atoms with Gasteiger partial charge in [0.15, 0.2) is 0 Å². The zero-order valence-electron chi connectivity index (χ0n) is 17.9. The molecule has 1 atom stereocenters. The Morgan fingerprint density at radius 1 is 1.06 bits per heavy atom. The van der Waals surface area contributed by atoms with Crippen LogP contribution in [-0.4, -0.2) is 49.1 Å². The molecule has 0 saturated carbocycles. The van der Waals surface area contributed by atoms with Crippen molar-refractivity contribution in [1.29, 1.82) is 0 Å². The van der Waals surface area contributed by atoms with Crippen molar-refractivity contribution < 1.29 is 9.59 Å². The first-order valence-electron chi connectivity index (χ1n) is 10.5. The minimum absolute atomic E-state index is 0.185. The molecule has 0 N–H and O–H groups in total. The molecule has 7 heteroatoms. The number of carbonyl (C=O) groups excluding carboxylic acids is 2. The van der Waals surface area contributed by atoms with Crippen molar-refractivity contribution in [2.75, 3.05) is 7.05 Å². The second-order valence-corrected chi connectivity index (χ2v) is 10.9. The van der Waals surface area contributed by atoms with Gasteiger partial charge in [-0.05, 0) is 0 Å². The van der Waals surface area contributed by atoms with Crippen molar-refractivity contribution in [3.8, 4) is 5.00 Å². The van der Waals surface area contributed by atoms with Gasteiger partial charge in [0.1, 0.15) is 0 Å². The normalized spacial score (nSPS) is 19.5. The van der Waals surface area contributed by atoms with Crippen LogP contribution >= 0.6 is 11.3 Å². The van der Waals surface area contributed by atoms with E-state index in [0.717, 1.165) is 4.88 Å². The van der Waals surface area contributed by atoms with Crippen LogP contribution in [0.2, 0.25) is 0 Å². The van der Waals surface area contributed by atoms with Crippen LogP contribution in [0, 0.1) is 5.92 Å². The standard InChI is InChI=1S/C25H20N3O2SSe/c1-25(2)17-9-6-8-15-14-7-4-5-10-19(14)28(20(15)17)23-18(25)12-13(31-23)11-16-21(29)26-24(32)27(3)22(16)30/h4-10,12,16H,11H2,1-3H3. The number of hydrogen-bond donors (Lipinski definition) is 0. The molecule has 1 radical (unpaired) electrons. The number of benzene rings is 2. The van der Waals surface area contributed by atoms with Gasteiger partial charge in [0, 0.05) is 0 Å². The number of aromatic nitrogens is 1. The third-order valence-corrected chi connectivity index (χ3v) is 8.74. The fourth-order valence-electron chi connectivity index (χ4n) is 5.08. The van der Waals surface area contributed by atoms with Gasteiger partial charge in [-0.2, -0.15) is 0 Å². The van der Waals surface area contributed by atoms with E-state index in [1.165, 1.54) is 42.8 Å². The van der Waals surface area contributed by atoms with E-state index in [1.54, 1.807) is 18.4 Å². The minimum atomic E-state index is -0.774. The maximum atomic E-state index is 12.8. The van der Waals surface area contributed by atoms with E-state index in [9.17, 15) is 9.59 Å². The van der Waals surface area contributed by atoms with Gasteiger partial charge in [-0.15, -0.1) is 0 Å². The molecule has 0 fully saturated rings. The summed E-state index contributed by atoms with van der Waals surface area (Å²) in [6.07, 6.45) is 0.366. The van der Waals surface area contributed by atoms with Gasteiger partial charge in [0.25, 0.3) is 0 Å². The molecule has 4 heterocycles. The topological polar surface area (TPSA) is 54.7 Å². The fourth-order valence-corrected chi connectivity index (χ4v) is 6.84. The Morgan fingerprint density at radius 2 is 1.81 bits per heavy atom. The third-order valence-electron chi connectivity index (χ3n) is 6.83. The van der Waals surface area contributed by atoms with Crippen molar-refractivity contribution >= 4 is 65.7 Å². The number of para-hydroxylation sites is 2. The first-order valence-corrected chi connectivity index (χ1v) is 12.2. The van der Waals surface area contributed by atoms with Crippen molar-refractivity contribution in [3.05, 3.63) is 64.5 Å². The molecule has 2 aromatic heterocycles. The summed E-state index contributed by atoms with van der Waals surface area (Å²) in [6, 6.07) is 17.2. The van der Waals surface area contributed by atoms with Gasteiger partial charge in [0.05, 0.1) is 0 Å². The molecule has 0 aliphatic carbocycles. The van der Waals surface area contributed by atoms with E-state index < -0.39 is 5.92 Å². The van der Waals surface area contributed by atoms with E-state index >= 15 is 0 Å². The molecule has 5 nitrogen and oxygen atoms in total. The molecule has 2 amide bonds. The number of carbonyl (C=O) groups is 2. The molecular formula is C25H20N3O2SSe. The molecule has 159 valence electrons. The summed E-state index contributed by atoms with van der Waals surface area (Å²) in [5, 5.41) is 3.67. The molecule has 2 aliphatic rings. The Morgan fingerprint density at radius 3 is 2.62 bits per heavy atom. The molecule has 32 heavy (non-hydrogen) atoms. The Hall–Kier alpha value is -2.73. The summed E-state index contributed by atoms with van der Waals surface area (Å²) in [4.78, 5) is 31.8.